The third-order valence-electron chi connectivity index (χ3n) is 8.26. The lowest BCUT2D eigenvalue weighted by molar-refractivity contribution is 0.0990. The number of aromatic hydroxyl groups is 4. The summed E-state index contributed by atoms with van der Waals surface area (Å²) >= 11 is 0. The zero-order valence-electron chi connectivity index (χ0n) is 29.2. The highest BCUT2D eigenvalue weighted by Gasteiger charge is 2.32. The van der Waals surface area contributed by atoms with E-state index < -0.39 is 11.2 Å². The number of ether oxygens (including phenoxy) is 3. The molecule has 0 fully saturated rings. The Hall–Kier alpha value is -6.16. The van der Waals surface area contributed by atoms with E-state index in [1.54, 1.807) is 43.5 Å². The average molecular weight is 693 g/mol. The van der Waals surface area contributed by atoms with E-state index in [1.807, 2.05) is 39.8 Å². The second kappa shape index (κ2) is 14.8. The summed E-state index contributed by atoms with van der Waals surface area (Å²) in [5.41, 5.74) is 2.89. The maximum absolute atomic E-state index is 12.9. The number of methoxy groups -OCH3 is 2. The lowest BCUT2D eigenvalue weighted by atomic mass is 9.93. The highest BCUT2D eigenvalue weighted by molar-refractivity contribution is 6.02. The lowest BCUT2D eigenvalue weighted by Crippen LogP contribution is -2.28. The van der Waals surface area contributed by atoms with Crippen molar-refractivity contribution in [1.82, 2.24) is 0 Å². The molecule has 0 unspecified atom stereocenters. The van der Waals surface area contributed by atoms with Gasteiger partial charge in [-0.25, -0.2) is 4.79 Å². The minimum atomic E-state index is -0.694. The SMILES string of the molecule is COc1c(CC=C(C)C)c2c(c3oc(=O)c(-c4ccc(O)cc4)c(O)c13)C=CC(C)(C)O2.COc1ccc(CC(=O)c2ccc(O)cc2O)cc1. The fourth-order valence-corrected chi connectivity index (χ4v) is 5.67. The minimum absolute atomic E-state index is 0.00458. The van der Waals surface area contributed by atoms with Gasteiger partial charge < -0.3 is 39.1 Å². The maximum atomic E-state index is 12.9. The topological polar surface area (TPSA) is 156 Å². The van der Waals surface area contributed by atoms with Gasteiger partial charge in [0.15, 0.2) is 11.4 Å². The molecule has 0 aliphatic carbocycles. The van der Waals surface area contributed by atoms with Crippen LogP contribution in [0.4, 0.5) is 0 Å². The Morgan fingerprint density at radius 2 is 1.55 bits per heavy atom. The van der Waals surface area contributed by atoms with Gasteiger partial charge in [-0.2, -0.15) is 0 Å². The molecule has 6 rings (SSSR count). The molecular formula is C41H40O10. The molecule has 0 spiro atoms. The summed E-state index contributed by atoms with van der Waals surface area (Å²) in [5, 5.41) is 40.0. The van der Waals surface area contributed by atoms with Gasteiger partial charge >= 0.3 is 5.63 Å². The minimum Gasteiger partial charge on any atom is -0.508 e. The smallest absolute Gasteiger partial charge is 0.348 e. The second-order valence-corrected chi connectivity index (χ2v) is 12.8. The second-order valence-electron chi connectivity index (χ2n) is 12.8. The standard InChI is InChI=1S/C26H26O6.C15H14O4/c1-14(2)6-11-17-22-18(12-13-26(3,4)32-22)24-20(23(17)30-5)21(28)19(25(29)31-24)15-7-9-16(27)10-8-15;1-19-12-5-2-10(3-6-12)8-14(17)13-7-4-11(16)9-15(13)18/h6-10,12-13,27-28H,11H2,1-5H3;2-7,9,16,18H,8H2,1H3. The normalized spacial score (nSPS) is 12.6. The molecule has 264 valence electrons. The van der Waals surface area contributed by atoms with Crippen molar-refractivity contribution < 1.29 is 43.8 Å². The van der Waals surface area contributed by atoms with Crippen LogP contribution in [0.1, 0.15) is 54.7 Å². The fraction of sp³-hybridized carbons (Fsp3) is 0.220. The van der Waals surface area contributed by atoms with Crippen LogP contribution in [0.25, 0.3) is 28.2 Å². The highest BCUT2D eigenvalue weighted by atomic mass is 16.5. The van der Waals surface area contributed by atoms with E-state index in [2.05, 4.69) is 6.08 Å². The van der Waals surface area contributed by atoms with Gasteiger partial charge in [-0.3, -0.25) is 4.79 Å². The molecule has 10 heteroatoms. The van der Waals surface area contributed by atoms with Gasteiger partial charge in [0.2, 0.25) is 0 Å². The summed E-state index contributed by atoms with van der Waals surface area (Å²) in [6.07, 6.45) is 6.49. The predicted octanol–water partition coefficient (Wildman–Crippen LogP) is 8.10. The van der Waals surface area contributed by atoms with Crippen molar-refractivity contribution in [2.45, 2.75) is 46.1 Å². The Kier molecular flexibility index (Phi) is 10.5. The van der Waals surface area contributed by atoms with Gasteiger partial charge in [0, 0.05) is 18.1 Å². The van der Waals surface area contributed by atoms with Crippen molar-refractivity contribution in [2.75, 3.05) is 14.2 Å². The van der Waals surface area contributed by atoms with E-state index in [0.29, 0.717) is 34.4 Å². The van der Waals surface area contributed by atoms with Gasteiger partial charge in [0.25, 0.3) is 0 Å². The van der Waals surface area contributed by atoms with Crippen molar-refractivity contribution in [3.63, 3.8) is 0 Å². The summed E-state index contributed by atoms with van der Waals surface area (Å²) in [4.78, 5) is 25.0. The van der Waals surface area contributed by atoms with Gasteiger partial charge in [0.1, 0.15) is 56.8 Å². The summed E-state index contributed by atoms with van der Waals surface area (Å²) in [6, 6.07) is 17.1. The number of carbonyl (C=O) groups is 1. The molecule has 10 nitrogen and oxygen atoms in total. The molecule has 1 aliphatic rings. The Balaban J connectivity index is 0.000000226. The van der Waals surface area contributed by atoms with Crippen molar-refractivity contribution in [2.24, 2.45) is 0 Å². The quantitative estimate of drug-likeness (QED) is 0.0712. The van der Waals surface area contributed by atoms with Gasteiger partial charge in [-0.05, 0) is 93.8 Å². The van der Waals surface area contributed by atoms with E-state index in [1.165, 1.54) is 31.4 Å². The molecule has 4 N–H and O–H groups in total. The summed E-state index contributed by atoms with van der Waals surface area (Å²) < 4.78 is 22.8. The van der Waals surface area contributed by atoms with Crippen molar-refractivity contribution in [1.29, 1.82) is 0 Å². The average Bonchev–Trinajstić information content (AvgIpc) is 3.08. The Morgan fingerprint density at radius 1 is 0.882 bits per heavy atom. The first-order chi connectivity index (χ1) is 24.2. The molecule has 1 aliphatic heterocycles. The van der Waals surface area contributed by atoms with E-state index in [9.17, 15) is 30.0 Å². The lowest BCUT2D eigenvalue weighted by Gasteiger charge is -2.31. The van der Waals surface area contributed by atoms with E-state index in [0.717, 1.165) is 28.5 Å². The first kappa shape index (κ1) is 36.1. The number of benzene rings is 4. The Labute approximate surface area is 295 Å². The van der Waals surface area contributed by atoms with Crippen LogP contribution in [0.2, 0.25) is 0 Å². The zero-order chi connectivity index (χ0) is 37.0. The Bertz CT molecular complexity index is 2200. The number of hydrogen-bond acceptors (Lipinski definition) is 10. The number of Topliss-reactive ketones (excluding diaryl/α,β-unsaturated/α-hetero) is 1. The van der Waals surface area contributed by atoms with Gasteiger partial charge in [-0.15, -0.1) is 0 Å². The van der Waals surface area contributed by atoms with Crippen molar-refractivity contribution in [3.05, 3.63) is 117 Å². The number of fused-ring (bicyclic) bond motifs is 3. The third-order valence-corrected chi connectivity index (χ3v) is 8.26. The van der Waals surface area contributed by atoms with Gasteiger partial charge in [-0.1, -0.05) is 35.9 Å². The van der Waals surface area contributed by atoms with Gasteiger partial charge in [0.05, 0.1) is 25.3 Å². The molecule has 0 bridgehead atoms. The van der Waals surface area contributed by atoms with Crippen molar-refractivity contribution >= 4 is 22.8 Å². The number of rotatable bonds is 8. The van der Waals surface area contributed by atoms with Crippen LogP contribution < -0.4 is 19.8 Å². The molecule has 0 atom stereocenters. The van der Waals surface area contributed by atoms with Crippen LogP contribution in [0.15, 0.2) is 93.7 Å². The molecule has 4 aromatic carbocycles. The zero-order valence-corrected chi connectivity index (χ0v) is 29.2. The number of carbonyl (C=O) groups excluding carboxylic acids is 1. The van der Waals surface area contributed by atoms with Crippen molar-refractivity contribution in [3.8, 4) is 51.4 Å². The molecule has 0 saturated heterocycles. The number of phenolic OH excluding ortho intramolecular Hbond substituents is 3. The molecule has 51 heavy (non-hydrogen) atoms. The molecule has 5 aromatic rings. The molecule has 1 aromatic heterocycles. The highest BCUT2D eigenvalue weighted by Crippen LogP contribution is 2.49. The number of allylic oxidation sites excluding steroid dienone is 2. The van der Waals surface area contributed by atoms with Crippen LogP contribution >= 0.6 is 0 Å². The molecule has 2 heterocycles. The summed E-state index contributed by atoms with van der Waals surface area (Å²) in [7, 11) is 3.09. The van der Waals surface area contributed by atoms with Crippen LogP contribution in [0, 0.1) is 0 Å². The largest absolute Gasteiger partial charge is 0.508 e. The van der Waals surface area contributed by atoms with E-state index >= 15 is 0 Å². The number of hydrogen-bond donors (Lipinski definition) is 4. The summed E-state index contributed by atoms with van der Waals surface area (Å²) in [6.45, 7) is 7.89. The van der Waals surface area contributed by atoms with Crippen LogP contribution in [-0.4, -0.2) is 46.0 Å². The first-order valence-corrected chi connectivity index (χ1v) is 16.1. The molecule has 0 amide bonds. The predicted molar refractivity (Wildman–Crippen MR) is 195 cm³/mol. The number of ketones is 1. The van der Waals surface area contributed by atoms with Crippen LogP contribution in [0.5, 0.6) is 40.2 Å². The number of phenols is 3. The van der Waals surface area contributed by atoms with E-state index in [-0.39, 0.29) is 51.9 Å². The van der Waals surface area contributed by atoms with E-state index in [4.69, 9.17) is 18.6 Å². The third kappa shape index (κ3) is 7.86. The first-order valence-electron chi connectivity index (χ1n) is 16.1. The molecular weight excluding hydrogens is 652 g/mol. The molecule has 0 radical (unpaired) electrons. The Morgan fingerprint density at radius 3 is 2.16 bits per heavy atom. The maximum Gasteiger partial charge on any atom is 0.348 e. The van der Waals surface area contributed by atoms with Crippen LogP contribution in [0.3, 0.4) is 0 Å². The van der Waals surface area contributed by atoms with Crippen LogP contribution in [-0.2, 0) is 12.8 Å². The molecule has 0 saturated carbocycles. The fourth-order valence-electron chi connectivity index (χ4n) is 5.67. The summed E-state index contributed by atoms with van der Waals surface area (Å²) in [5.74, 6) is 1.02. The monoisotopic (exact) mass is 692 g/mol.